The number of halogens is 1. The Hall–Kier alpha value is -0.800. The zero-order valence-corrected chi connectivity index (χ0v) is 9.40. The van der Waals surface area contributed by atoms with Crippen LogP contribution in [0.1, 0.15) is 5.56 Å². The Morgan fingerprint density at radius 3 is 2.50 bits per heavy atom. The van der Waals surface area contributed by atoms with E-state index in [0.717, 1.165) is 11.3 Å². The average Bonchev–Trinajstić information content (AvgIpc) is 2.26. The molecule has 1 rings (SSSR count). The first kappa shape index (κ1) is 11.3. The third-order valence-electron chi connectivity index (χ3n) is 1.64. The van der Waals surface area contributed by atoms with Crippen LogP contribution in [0.3, 0.4) is 0 Å². The second-order valence-electron chi connectivity index (χ2n) is 2.55. The van der Waals surface area contributed by atoms with E-state index in [-0.39, 0.29) is 0 Å². The van der Waals surface area contributed by atoms with Gasteiger partial charge in [0.05, 0.1) is 13.0 Å². The third-order valence-corrected chi connectivity index (χ3v) is 2.14. The molecule has 0 bridgehead atoms. The highest BCUT2D eigenvalue weighted by atomic mass is 35.5. The fraction of sp³-hybridized carbons (Fsp3) is 0.300. The molecule has 0 heterocycles. The molecule has 1 aromatic carbocycles. The van der Waals surface area contributed by atoms with Crippen LogP contribution in [0.5, 0.6) is 5.75 Å². The van der Waals surface area contributed by atoms with Gasteiger partial charge in [-0.1, -0.05) is 0 Å². The number of methoxy groups -OCH3 is 1. The smallest absolute Gasteiger partial charge is 0.191 e. The maximum atomic E-state index is 5.48. The molecule has 0 spiro atoms. The summed E-state index contributed by atoms with van der Waals surface area (Å²) < 4.78 is 10.2. The van der Waals surface area contributed by atoms with Crippen LogP contribution in [0.15, 0.2) is 24.3 Å². The Bertz CT molecular complexity index is 297. The maximum absolute atomic E-state index is 5.48. The molecular weight excluding hydrogens is 220 g/mol. The molecule has 0 N–H and O–H groups in total. The van der Waals surface area contributed by atoms with Crippen LogP contribution >= 0.6 is 23.8 Å². The molecule has 0 saturated heterocycles. The fourth-order valence-corrected chi connectivity index (χ4v) is 1.24. The minimum absolute atomic E-state index is 0.437. The van der Waals surface area contributed by atoms with Crippen LogP contribution in [0.2, 0.25) is 0 Å². The Labute approximate surface area is 93.8 Å². The molecule has 76 valence electrons. The van der Waals surface area contributed by atoms with E-state index in [9.17, 15) is 0 Å². The van der Waals surface area contributed by atoms with Gasteiger partial charge in [0.2, 0.25) is 0 Å². The molecule has 0 radical (unpaired) electrons. The number of benzene rings is 1. The quantitative estimate of drug-likeness (QED) is 0.585. The van der Waals surface area contributed by atoms with Crippen LogP contribution in [-0.4, -0.2) is 24.6 Å². The molecule has 0 aromatic heterocycles. The topological polar surface area (TPSA) is 18.5 Å². The lowest BCUT2D eigenvalue weighted by Crippen LogP contribution is -2.05. The average molecular weight is 231 g/mol. The predicted octanol–water partition coefficient (Wildman–Crippen LogP) is 2.63. The van der Waals surface area contributed by atoms with E-state index in [1.165, 1.54) is 0 Å². The zero-order chi connectivity index (χ0) is 10.4. The minimum atomic E-state index is 0.437. The van der Waals surface area contributed by atoms with Crippen molar-refractivity contribution >= 4 is 28.9 Å². The lowest BCUT2D eigenvalue weighted by molar-refractivity contribution is 0.340. The minimum Gasteiger partial charge on any atom is -0.497 e. The van der Waals surface area contributed by atoms with Gasteiger partial charge in [-0.2, -0.15) is 0 Å². The van der Waals surface area contributed by atoms with E-state index in [0.29, 0.717) is 17.5 Å². The highest BCUT2D eigenvalue weighted by Gasteiger charge is 2.01. The Kier molecular flexibility index (Phi) is 4.70. The number of hydrogen-bond acceptors (Lipinski definition) is 3. The molecule has 0 fully saturated rings. The SMILES string of the molecule is COc1ccc(C(=S)OCCCl)cc1. The molecule has 0 aliphatic carbocycles. The molecular formula is C10H11ClO2S. The van der Waals surface area contributed by atoms with Crippen molar-refractivity contribution in [3.8, 4) is 5.75 Å². The zero-order valence-electron chi connectivity index (χ0n) is 7.83. The van der Waals surface area contributed by atoms with E-state index in [2.05, 4.69) is 0 Å². The van der Waals surface area contributed by atoms with Crippen molar-refractivity contribution in [2.45, 2.75) is 0 Å². The van der Waals surface area contributed by atoms with Gasteiger partial charge in [0.1, 0.15) is 12.4 Å². The summed E-state index contributed by atoms with van der Waals surface area (Å²) in [5.74, 6) is 1.24. The molecule has 0 saturated carbocycles. The maximum Gasteiger partial charge on any atom is 0.191 e. The van der Waals surface area contributed by atoms with Gasteiger partial charge < -0.3 is 9.47 Å². The Morgan fingerprint density at radius 2 is 2.00 bits per heavy atom. The second-order valence-corrected chi connectivity index (χ2v) is 3.30. The van der Waals surface area contributed by atoms with Gasteiger partial charge >= 0.3 is 0 Å². The van der Waals surface area contributed by atoms with E-state index in [1.54, 1.807) is 7.11 Å². The van der Waals surface area contributed by atoms with E-state index in [1.807, 2.05) is 24.3 Å². The van der Waals surface area contributed by atoms with Crippen LogP contribution in [0.25, 0.3) is 0 Å². The first-order valence-electron chi connectivity index (χ1n) is 4.15. The molecule has 0 atom stereocenters. The first-order chi connectivity index (χ1) is 6.77. The first-order valence-corrected chi connectivity index (χ1v) is 5.09. The van der Waals surface area contributed by atoms with Crippen molar-refractivity contribution in [1.29, 1.82) is 0 Å². The van der Waals surface area contributed by atoms with Gasteiger partial charge in [-0.05, 0) is 36.5 Å². The molecule has 4 heteroatoms. The summed E-state index contributed by atoms with van der Waals surface area (Å²) in [6.07, 6.45) is 0. The van der Waals surface area contributed by atoms with E-state index in [4.69, 9.17) is 33.3 Å². The van der Waals surface area contributed by atoms with Gasteiger partial charge in [0, 0.05) is 5.56 Å². The van der Waals surface area contributed by atoms with E-state index >= 15 is 0 Å². The highest BCUT2D eigenvalue weighted by Crippen LogP contribution is 2.12. The number of alkyl halides is 1. The normalized spacial score (nSPS) is 9.57. The number of thiocarbonyl (C=S) groups is 1. The third kappa shape index (κ3) is 3.16. The Balaban J connectivity index is 2.62. The van der Waals surface area contributed by atoms with Gasteiger partial charge in [0.25, 0.3) is 0 Å². The largest absolute Gasteiger partial charge is 0.497 e. The summed E-state index contributed by atoms with van der Waals surface area (Å²) in [5.41, 5.74) is 0.867. The second kappa shape index (κ2) is 5.83. The molecule has 0 unspecified atom stereocenters. The van der Waals surface area contributed by atoms with Gasteiger partial charge in [-0.25, -0.2) is 0 Å². The van der Waals surface area contributed by atoms with Crippen molar-refractivity contribution in [2.75, 3.05) is 19.6 Å². The molecule has 1 aromatic rings. The molecule has 0 aliphatic heterocycles. The number of ether oxygens (including phenoxy) is 2. The fourth-order valence-electron chi connectivity index (χ4n) is 0.942. The van der Waals surface area contributed by atoms with Crippen molar-refractivity contribution in [2.24, 2.45) is 0 Å². The van der Waals surface area contributed by atoms with Gasteiger partial charge in [-0.3, -0.25) is 0 Å². The number of hydrogen-bond donors (Lipinski definition) is 0. The molecule has 0 amide bonds. The van der Waals surface area contributed by atoms with Crippen molar-refractivity contribution in [1.82, 2.24) is 0 Å². The van der Waals surface area contributed by atoms with Gasteiger partial charge in [-0.15, -0.1) is 11.6 Å². The van der Waals surface area contributed by atoms with Crippen LogP contribution in [-0.2, 0) is 4.74 Å². The molecule has 0 aliphatic rings. The number of rotatable bonds is 4. The summed E-state index contributed by atoms with van der Waals surface area (Å²) in [7, 11) is 1.62. The standard InChI is InChI=1S/C10H11ClO2S/c1-12-9-4-2-8(3-5-9)10(14)13-7-6-11/h2-5H,6-7H2,1H3. The molecule has 14 heavy (non-hydrogen) atoms. The lowest BCUT2D eigenvalue weighted by atomic mass is 10.2. The predicted molar refractivity (Wildman–Crippen MR) is 61.4 cm³/mol. The van der Waals surface area contributed by atoms with Crippen LogP contribution in [0, 0.1) is 0 Å². The Morgan fingerprint density at radius 1 is 1.36 bits per heavy atom. The van der Waals surface area contributed by atoms with Crippen LogP contribution in [0.4, 0.5) is 0 Å². The summed E-state index contributed by atoms with van der Waals surface area (Å²) in [6.45, 7) is 0.437. The van der Waals surface area contributed by atoms with Crippen molar-refractivity contribution in [3.63, 3.8) is 0 Å². The lowest BCUT2D eigenvalue weighted by Gasteiger charge is -2.06. The van der Waals surface area contributed by atoms with Crippen molar-refractivity contribution in [3.05, 3.63) is 29.8 Å². The van der Waals surface area contributed by atoms with E-state index < -0.39 is 0 Å². The summed E-state index contributed by atoms with van der Waals surface area (Å²) in [5, 5.41) is 0.466. The summed E-state index contributed by atoms with van der Waals surface area (Å²) in [4.78, 5) is 0. The van der Waals surface area contributed by atoms with Gasteiger partial charge in [0.15, 0.2) is 5.05 Å². The summed E-state index contributed by atoms with van der Waals surface area (Å²) in [6, 6.07) is 7.39. The summed E-state index contributed by atoms with van der Waals surface area (Å²) >= 11 is 10.5. The monoisotopic (exact) mass is 230 g/mol. The van der Waals surface area contributed by atoms with Crippen molar-refractivity contribution < 1.29 is 9.47 Å². The highest BCUT2D eigenvalue weighted by molar-refractivity contribution is 7.80. The molecule has 2 nitrogen and oxygen atoms in total. The van der Waals surface area contributed by atoms with Crippen LogP contribution < -0.4 is 4.74 Å².